The van der Waals surface area contributed by atoms with Crippen LogP contribution in [-0.2, 0) is 4.79 Å². The molecule has 1 amide bonds. The van der Waals surface area contributed by atoms with Crippen LogP contribution in [0.1, 0.15) is 31.4 Å². The number of rotatable bonds is 2. The van der Waals surface area contributed by atoms with Crippen molar-refractivity contribution in [1.82, 2.24) is 4.98 Å². The number of aryl methyl sites for hydroxylation is 1. The minimum Gasteiger partial charge on any atom is -0.325 e. The van der Waals surface area contributed by atoms with Gasteiger partial charge < -0.3 is 5.32 Å². The number of anilines is 1. The van der Waals surface area contributed by atoms with Crippen molar-refractivity contribution in [3.8, 4) is 6.07 Å². The molecule has 0 unspecified atom stereocenters. The van der Waals surface area contributed by atoms with Crippen LogP contribution in [0.2, 0.25) is 0 Å². The van der Waals surface area contributed by atoms with E-state index in [1.807, 2.05) is 6.92 Å². The summed E-state index contributed by atoms with van der Waals surface area (Å²) in [6.07, 6.45) is 4.89. The van der Waals surface area contributed by atoms with Crippen LogP contribution in [0, 0.1) is 23.7 Å². The summed E-state index contributed by atoms with van der Waals surface area (Å²) in [6.45, 7) is 1.87. The molecule has 0 saturated heterocycles. The molecule has 0 aliphatic heterocycles. The fraction of sp³-hybridized carbons (Fsp3) is 0.462. The molecule has 4 heteroatoms. The van der Waals surface area contributed by atoms with Crippen LogP contribution in [0.15, 0.2) is 18.3 Å². The maximum absolute atomic E-state index is 12.1. The molecular weight excluding hydrogens is 214 g/mol. The minimum atomic E-state index is -0.822. The zero-order valence-corrected chi connectivity index (χ0v) is 9.86. The third kappa shape index (κ3) is 2.28. The van der Waals surface area contributed by atoms with Crippen molar-refractivity contribution in [2.45, 2.75) is 32.6 Å². The van der Waals surface area contributed by atoms with Crippen LogP contribution in [0.25, 0.3) is 0 Å². The first-order valence-electron chi connectivity index (χ1n) is 5.82. The molecule has 0 atom stereocenters. The van der Waals surface area contributed by atoms with Gasteiger partial charge in [-0.1, -0.05) is 12.8 Å². The molecule has 1 aliphatic rings. The molecule has 1 heterocycles. The Balaban J connectivity index is 2.14. The monoisotopic (exact) mass is 229 g/mol. The highest BCUT2D eigenvalue weighted by Crippen LogP contribution is 2.38. The molecule has 0 radical (unpaired) electrons. The summed E-state index contributed by atoms with van der Waals surface area (Å²) in [6, 6.07) is 5.73. The van der Waals surface area contributed by atoms with E-state index >= 15 is 0 Å². The van der Waals surface area contributed by atoms with E-state index in [2.05, 4.69) is 16.4 Å². The molecule has 0 aromatic carbocycles. The van der Waals surface area contributed by atoms with Crippen molar-refractivity contribution in [2.75, 3.05) is 5.32 Å². The van der Waals surface area contributed by atoms with E-state index in [0.29, 0.717) is 18.5 Å². The van der Waals surface area contributed by atoms with E-state index in [4.69, 9.17) is 0 Å². The number of pyridine rings is 1. The molecule has 1 aromatic rings. The smallest absolute Gasteiger partial charge is 0.244 e. The number of carbonyl (C=O) groups is 1. The number of aromatic nitrogens is 1. The lowest BCUT2D eigenvalue weighted by Gasteiger charge is -2.19. The SMILES string of the molecule is Cc1cc(NC(=O)C2(C#N)CCCC2)ccn1. The number of nitrogens with one attached hydrogen (secondary N) is 1. The highest BCUT2D eigenvalue weighted by molar-refractivity contribution is 5.97. The summed E-state index contributed by atoms with van der Waals surface area (Å²) in [7, 11) is 0. The van der Waals surface area contributed by atoms with Gasteiger partial charge in [-0.15, -0.1) is 0 Å². The first-order chi connectivity index (χ1) is 8.16. The van der Waals surface area contributed by atoms with E-state index in [1.54, 1.807) is 18.3 Å². The third-order valence-electron chi connectivity index (χ3n) is 3.26. The van der Waals surface area contributed by atoms with E-state index in [9.17, 15) is 10.1 Å². The van der Waals surface area contributed by atoms with Crippen LogP contribution in [-0.4, -0.2) is 10.9 Å². The minimum absolute atomic E-state index is 0.178. The van der Waals surface area contributed by atoms with Gasteiger partial charge in [0.25, 0.3) is 0 Å². The molecule has 88 valence electrons. The molecule has 1 saturated carbocycles. The summed E-state index contributed by atoms with van der Waals surface area (Å²) >= 11 is 0. The normalized spacial score (nSPS) is 17.4. The van der Waals surface area contributed by atoms with E-state index in [1.165, 1.54) is 0 Å². The van der Waals surface area contributed by atoms with E-state index in [0.717, 1.165) is 18.5 Å². The number of hydrogen-bond donors (Lipinski definition) is 1. The first kappa shape index (κ1) is 11.6. The van der Waals surface area contributed by atoms with Gasteiger partial charge in [0.05, 0.1) is 6.07 Å². The van der Waals surface area contributed by atoms with Gasteiger partial charge in [0.15, 0.2) is 0 Å². The van der Waals surface area contributed by atoms with Crippen molar-refractivity contribution in [3.05, 3.63) is 24.0 Å². The Morgan fingerprint density at radius 2 is 2.24 bits per heavy atom. The van der Waals surface area contributed by atoms with Gasteiger partial charge >= 0.3 is 0 Å². The van der Waals surface area contributed by atoms with Gasteiger partial charge in [0, 0.05) is 17.6 Å². The fourth-order valence-electron chi connectivity index (χ4n) is 2.24. The van der Waals surface area contributed by atoms with Gasteiger partial charge in [-0.3, -0.25) is 9.78 Å². The molecule has 0 spiro atoms. The van der Waals surface area contributed by atoms with Crippen LogP contribution in [0.5, 0.6) is 0 Å². The summed E-state index contributed by atoms with van der Waals surface area (Å²) in [5.74, 6) is -0.178. The highest BCUT2D eigenvalue weighted by atomic mass is 16.2. The van der Waals surface area contributed by atoms with Crippen molar-refractivity contribution >= 4 is 11.6 Å². The molecule has 1 aliphatic carbocycles. The van der Waals surface area contributed by atoms with Crippen molar-refractivity contribution < 1.29 is 4.79 Å². The summed E-state index contributed by atoms with van der Waals surface area (Å²) in [4.78, 5) is 16.2. The Labute approximate surface area is 101 Å². The predicted octanol–water partition coefficient (Wildman–Crippen LogP) is 2.41. The largest absolute Gasteiger partial charge is 0.325 e. The number of nitrogens with zero attached hydrogens (tertiary/aromatic N) is 2. The van der Waals surface area contributed by atoms with Gasteiger partial charge in [-0.2, -0.15) is 5.26 Å². The van der Waals surface area contributed by atoms with Crippen LogP contribution in [0.3, 0.4) is 0 Å². The quantitative estimate of drug-likeness (QED) is 0.846. The van der Waals surface area contributed by atoms with Crippen LogP contribution < -0.4 is 5.32 Å². The molecule has 4 nitrogen and oxygen atoms in total. The Kier molecular flexibility index (Phi) is 3.10. The van der Waals surface area contributed by atoms with Crippen molar-refractivity contribution in [1.29, 1.82) is 5.26 Å². The van der Waals surface area contributed by atoms with Gasteiger partial charge in [0.1, 0.15) is 5.41 Å². The lowest BCUT2D eigenvalue weighted by molar-refractivity contribution is -0.122. The summed E-state index contributed by atoms with van der Waals surface area (Å²) in [5.41, 5.74) is 0.737. The Morgan fingerprint density at radius 1 is 1.53 bits per heavy atom. The second-order valence-electron chi connectivity index (χ2n) is 4.54. The Bertz CT molecular complexity index is 470. The van der Waals surface area contributed by atoms with E-state index in [-0.39, 0.29) is 5.91 Å². The highest BCUT2D eigenvalue weighted by Gasteiger charge is 2.41. The topological polar surface area (TPSA) is 65.8 Å². The number of nitriles is 1. The predicted molar refractivity (Wildman–Crippen MR) is 64.1 cm³/mol. The second-order valence-corrected chi connectivity index (χ2v) is 4.54. The standard InChI is InChI=1S/C13H15N3O/c1-10-8-11(4-7-15-10)16-12(17)13(9-14)5-2-3-6-13/h4,7-8H,2-3,5-6H2,1H3,(H,15,16,17). The van der Waals surface area contributed by atoms with Crippen LogP contribution >= 0.6 is 0 Å². The maximum atomic E-state index is 12.1. The molecule has 1 fully saturated rings. The van der Waals surface area contributed by atoms with Crippen molar-refractivity contribution in [3.63, 3.8) is 0 Å². The molecular formula is C13H15N3O. The molecule has 17 heavy (non-hydrogen) atoms. The zero-order valence-electron chi connectivity index (χ0n) is 9.86. The first-order valence-corrected chi connectivity index (χ1v) is 5.82. The summed E-state index contributed by atoms with van der Waals surface area (Å²) in [5, 5.41) is 12.0. The summed E-state index contributed by atoms with van der Waals surface area (Å²) < 4.78 is 0. The maximum Gasteiger partial charge on any atom is 0.244 e. The average molecular weight is 229 g/mol. The zero-order chi connectivity index (χ0) is 12.3. The molecule has 0 bridgehead atoms. The Morgan fingerprint density at radius 3 is 2.82 bits per heavy atom. The second kappa shape index (κ2) is 4.54. The van der Waals surface area contributed by atoms with E-state index < -0.39 is 5.41 Å². The average Bonchev–Trinajstić information content (AvgIpc) is 2.78. The lowest BCUT2D eigenvalue weighted by Crippen LogP contribution is -2.32. The fourth-order valence-corrected chi connectivity index (χ4v) is 2.24. The molecule has 1 aromatic heterocycles. The van der Waals surface area contributed by atoms with Crippen molar-refractivity contribution in [2.24, 2.45) is 5.41 Å². The number of carbonyl (C=O) groups excluding carboxylic acids is 1. The van der Waals surface area contributed by atoms with Gasteiger partial charge in [0.2, 0.25) is 5.91 Å². The lowest BCUT2D eigenvalue weighted by atomic mass is 9.87. The number of amides is 1. The van der Waals surface area contributed by atoms with Gasteiger partial charge in [-0.25, -0.2) is 0 Å². The molecule has 2 rings (SSSR count). The van der Waals surface area contributed by atoms with Crippen LogP contribution in [0.4, 0.5) is 5.69 Å². The molecule has 1 N–H and O–H groups in total. The Hall–Kier alpha value is -1.89. The third-order valence-corrected chi connectivity index (χ3v) is 3.26. The van der Waals surface area contributed by atoms with Gasteiger partial charge in [-0.05, 0) is 31.9 Å². The number of hydrogen-bond acceptors (Lipinski definition) is 3.